The Kier molecular flexibility index (Phi) is 5.89. The standard InChI is InChI=1S/C23H23ClN2O3/c1-23(2,3)20-12-14(8-9-25-20)16-10-18(21(28-4)26-13-16)17-7-6-15(11-19(17)24)22(27)29-5/h6-13H,1-5H3. The highest BCUT2D eigenvalue weighted by Crippen LogP contribution is 2.37. The van der Waals surface area contributed by atoms with Gasteiger partial charge in [0, 0.05) is 45.2 Å². The molecule has 150 valence electrons. The zero-order valence-corrected chi connectivity index (χ0v) is 17.9. The van der Waals surface area contributed by atoms with E-state index in [4.69, 9.17) is 21.1 Å². The predicted octanol–water partition coefficient (Wildman–Crippen LogP) is 5.56. The molecule has 0 radical (unpaired) electrons. The number of hydrogen-bond donors (Lipinski definition) is 0. The van der Waals surface area contributed by atoms with Gasteiger partial charge in [-0.05, 0) is 35.9 Å². The maximum atomic E-state index is 11.8. The predicted molar refractivity (Wildman–Crippen MR) is 115 cm³/mol. The van der Waals surface area contributed by atoms with Crippen molar-refractivity contribution in [3.63, 3.8) is 0 Å². The molecule has 0 bridgehead atoms. The summed E-state index contributed by atoms with van der Waals surface area (Å²) in [6, 6.07) is 11.0. The molecule has 6 heteroatoms. The van der Waals surface area contributed by atoms with E-state index in [2.05, 4.69) is 36.8 Å². The first kappa shape index (κ1) is 20.8. The van der Waals surface area contributed by atoms with Crippen LogP contribution < -0.4 is 4.74 Å². The molecule has 29 heavy (non-hydrogen) atoms. The van der Waals surface area contributed by atoms with Crippen molar-refractivity contribution in [2.24, 2.45) is 0 Å². The summed E-state index contributed by atoms with van der Waals surface area (Å²) in [5, 5.41) is 0.412. The van der Waals surface area contributed by atoms with Crippen molar-refractivity contribution < 1.29 is 14.3 Å². The number of esters is 1. The number of rotatable bonds is 4. The van der Waals surface area contributed by atoms with Crippen molar-refractivity contribution in [2.75, 3.05) is 14.2 Å². The molecule has 2 heterocycles. The Labute approximate surface area is 175 Å². The zero-order chi connectivity index (χ0) is 21.2. The Morgan fingerprint density at radius 1 is 0.966 bits per heavy atom. The molecule has 2 aromatic heterocycles. The average molecular weight is 411 g/mol. The summed E-state index contributed by atoms with van der Waals surface area (Å²) >= 11 is 6.48. The number of pyridine rings is 2. The Morgan fingerprint density at radius 2 is 1.72 bits per heavy atom. The smallest absolute Gasteiger partial charge is 0.337 e. The van der Waals surface area contributed by atoms with Crippen LogP contribution >= 0.6 is 11.6 Å². The van der Waals surface area contributed by atoms with Gasteiger partial charge >= 0.3 is 5.97 Å². The van der Waals surface area contributed by atoms with E-state index < -0.39 is 5.97 Å². The highest BCUT2D eigenvalue weighted by molar-refractivity contribution is 6.33. The Morgan fingerprint density at radius 3 is 2.34 bits per heavy atom. The first-order valence-corrected chi connectivity index (χ1v) is 9.51. The minimum absolute atomic E-state index is 0.0637. The van der Waals surface area contributed by atoms with Gasteiger partial charge in [-0.25, -0.2) is 9.78 Å². The van der Waals surface area contributed by atoms with Gasteiger partial charge in [-0.3, -0.25) is 4.98 Å². The molecule has 5 nitrogen and oxygen atoms in total. The quantitative estimate of drug-likeness (QED) is 0.527. The van der Waals surface area contributed by atoms with Gasteiger partial charge in [0.25, 0.3) is 0 Å². The number of nitrogens with zero attached hydrogens (tertiary/aromatic N) is 2. The van der Waals surface area contributed by atoms with Gasteiger partial charge in [0.05, 0.1) is 19.8 Å². The number of carbonyl (C=O) groups is 1. The van der Waals surface area contributed by atoms with Crippen molar-refractivity contribution in [1.82, 2.24) is 9.97 Å². The number of aromatic nitrogens is 2. The lowest BCUT2D eigenvalue weighted by Gasteiger charge is -2.18. The van der Waals surface area contributed by atoms with Gasteiger partial charge in [0.2, 0.25) is 5.88 Å². The van der Waals surface area contributed by atoms with Crippen LogP contribution in [0.3, 0.4) is 0 Å². The molecule has 3 aromatic rings. The highest BCUT2D eigenvalue weighted by atomic mass is 35.5. The second-order valence-corrected chi connectivity index (χ2v) is 8.05. The van der Waals surface area contributed by atoms with E-state index in [0.29, 0.717) is 16.5 Å². The monoisotopic (exact) mass is 410 g/mol. The maximum absolute atomic E-state index is 11.8. The molecule has 0 spiro atoms. The SMILES string of the molecule is COC(=O)c1ccc(-c2cc(-c3ccnc(C(C)(C)C)c3)cnc2OC)c(Cl)c1. The summed E-state index contributed by atoms with van der Waals surface area (Å²) in [6.07, 6.45) is 3.57. The second kappa shape index (κ2) is 8.21. The number of hydrogen-bond acceptors (Lipinski definition) is 5. The number of methoxy groups -OCH3 is 2. The van der Waals surface area contributed by atoms with E-state index in [1.165, 1.54) is 7.11 Å². The van der Waals surface area contributed by atoms with Crippen molar-refractivity contribution in [1.29, 1.82) is 0 Å². The van der Waals surface area contributed by atoms with Gasteiger partial charge in [0.15, 0.2) is 0 Å². The summed E-state index contributed by atoms with van der Waals surface area (Å²) in [4.78, 5) is 20.7. The molecule has 0 amide bonds. The molecule has 0 aliphatic heterocycles. The fraction of sp³-hybridized carbons (Fsp3) is 0.261. The third kappa shape index (κ3) is 4.40. The molecular formula is C23H23ClN2O3. The van der Waals surface area contributed by atoms with Crippen LogP contribution in [0.5, 0.6) is 5.88 Å². The summed E-state index contributed by atoms with van der Waals surface area (Å²) in [6.45, 7) is 6.37. The van der Waals surface area contributed by atoms with Crippen LogP contribution in [0.15, 0.2) is 48.8 Å². The first-order chi connectivity index (χ1) is 13.7. The number of benzene rings is 1. The average Bonchev–Trinajstić information content (AvgIpc) is 2.72. The molecule has 0 atom stereocenters. The number of ether oxygens (including phenoxy) is 2. The molecule has 0 saturated heterocycles. The minimum Gasteiger partial charge on any atom is -0.481 e. The van der Waals surface area contributed by atoms with E-state index in [0.717, 1.165) is 27.9 Å². The molecule has 0 aliphatic rings. The fourth-order valence-electron chi connectivity index (χ4n) is 2.96. The van der Waals surface area contributed by atoms with Gasteiger partial charge in [-0.1, -0.05) is 38.4 Å². The summed E-state index contributed by atoms with van der Waals surface area (Å²) in [5.41, 5.74) is 4.69. The van der Waals surface area contributed by atoms with E-state index in [1.54, 1.807) is 37.7 Å². The summed E-state index contributed by atoms with van der Waals surface area (Å²) in [5.74, 6) is 0.00959. The van der Waals surface area contributed by atoms with E-state index in [9.17, 15) is 4.79 Å². The lowest BCUT2D eigenvalue weighted by atomic mass is 9.90. The Balaban J connectivity index is 2.11. The summed E-state index contributed by atoms with van der Waals surface area (Å²) in [7, 11) is 2.90. The number of halogens is 1. The molecule has 0 unspecified atom stereocenters. The lowest BCUT2D eigenvalue weighted by Crippen LogP contribution is -2.13. The van der Waals surface area contributed by atoms with Crippen LogP contribution in [0, 0.1) is 0 Å². The highest BCUT2D eigenvalue weighted by Gasteiger charge is 2.18. The molecular weight excluding hydrogens is 388 g/mol. The molecule has 0 aliphatic carbocycles. The van der Waals surface area contributed by atoms with Crippen LogP contribution in [-0.2, 0) is 10.2 Å². The van der Waals surface area contributed by atoms with Crippen LogP contribution in [0.4, 0.5) is 0 Å². The fourth-order valence-corrected chi connectivity index (χ4v) is 3.25. The van der Waals surface area contributed by atoms with Gasteiger partial charge in [-0.15, -0.1) is 0 Å². The Hall–Kier alpha value is -2.92. The van der Waals surface area contributed by atoms with E-state index in [-0.39, 0.29) is 5.41 Å². The molecule has 0 N–H and O–H groups in total. The summed E-state index contributed by atoms with van der Waals surface area (Å²) < 4.78 is 10.2. The largest absolute Gasteiger partial charge is 0.481 e. The first-order valence-electron chi connectivity index (χ1n) is 9.13. The Bertz CT molecular complexity index is 1060. The second-order valence-electron chi connectivity index (χ2n) is 7.65. The van der Waals surface area contributed by atoms with Crippen LogP contribution in [0.1, 0.15) is 36.8 Å². The van der Waals surface area contributed by atoms with Crippen LogP contribution in [0.25, 0.3) is 22.3 Å². The number of carbonyl (C=O) groups excluding carboxylic acids is 1. The topological polar surface area (TPSA) is 61.3 Å². The van der Waals surface area contributed by atoms with E-state index >= 15 is 0 Å². The third-order valence-corrected chi connectivity index (χ3v) is 4.90. The third-order valence-electron chi connectivity index (χ3n) is 4.59. The molecule has 3 rings (SSSR count). The van der Waals surface area contributed by atoms with E-state index in [1.807, 2.05) is 12.1 Å². The normalized spacial score (nSPS) is 11.2. The minimum atomic E-state index is -0.441. The van der Waals surface area contributed by atoms with Crippen molar-refractivity contribution in [3.8, 4) is 28.1 Å². The molecule has 0 fully saturated rings. The van der Waals surface area contributed by atoms with Crippen molar-refractivity contribution >= 4 is 17.6 Å². The van der Waals surface area contributed by atoms with Gasteiger partial charge in [0.1, 0.15) is 0 Å². The van der Waals surface area contributed by atoms with Crippen molar-refractivity contribution in [3.05, 3.63) is 65.1 Å². The van der Waals surface area contributed by atoms with Crippen LogP contribution in [0.2, 0.25) is 5.02 Å². The van der Waals surface area contributed by atoms with Gasteiger partial charge in [-0.2, -0.15) is 0 Å². The maximum Gasteiger partial charge on any atom is 0.337 e. The van der Waals surface area contributed by atoms with Crippen LogP contribution in [-0.4, -0.2) is 30.2 Å². The van der Waals surface area contributed by atoms with Gasteiger partial charge < -0.3 is 9.47 Å². The molecule has 0 saturated carbocycles. The lowest BCUT2D eigenvalue weighted by molar-refractivity contribution is 0.0600. The van der Waals surface area contributed by atoms with Crippen molar-refractivity contribution in [2.45, 2.75) is 26.2 Å². The zero-order valence-electron chi connectivity index (χ0n) is 17.1. The molecule has 1 aromatic carbocycles.